The zero-order valence-electron chi connectivity index (χ0n) is 11.7. The number of aliphatic carboxylic acids is 1. The van der Waals surface area contributed by atoms with Crippen molar-refractivity contribution in [3.8, 4) is 0 Å². The van der Waals surface area contributed by atoms with Crippen molar-refractivity contribution >= 4 is 13.8 Å². The molecule has 0 fully saturated rings. The second-order valence-electron chi connectivity index (χ2n) is 4.14. The molecule has 0 saturated heterocycles. The highest BCUT2D eigenvalue weighted by Crippen LogP contribution is 2.35. The fraction of sp³-hybridized carbons (Fsp3) is 0.889. The second kappa shape index (κ2) is 11.8. The first kappa shape index (κ1) is 24.6. The van der Waals surface area contributed by atoms with E-state index in [2.05, 4.69) is 4.52 Å². The van der Waals surface area contributed by atoms with E-state index in [9.17, 15) is 9.36 Å². The molecular weight excluding hydrogens is 347 g/mol. The summed E-state index contributed by atoms with van der Waals surface area (Å²) in [7, 11) is -4.50. The van der Waals surface area contributed by atoms with Gasteiger partial charge in [-0.25, -0.2) is 9.36 Å². The minimum atomic E-state index is -4.50. The highest BCUT2D eigenvalue weighted by molar-refractivity contribution is 7.46. The van der Waals surface area contributed by atoms with E-state index in [0.717, 1.165) is 0 Å². The number of carbonyl (C=O) groups is 1. The third kappa shape index (κ3) is 12.4. The Bertz CT molecular complexity index is 370. The van der Waals surface area contributed by atoms with Gasteiger partial charge in [0.15, 0.2) is 6.10 Å². The van der Waals surface area contributed by atoms with Crippen LogP contribution in [0.25, 0.3) is 0 Å². The number of aliphatic hydroxyl groups is 7. The van der Waals surface area contributed by atoms with Crippen LogP contribution in [0.1, 0.15) is 0 Å². The van der Waals surface area contributed by atoms with Crippen LogP contribution in [0, 0.1) is 0 Å². The molecule has 1 unspecified atom stereocenters. The lowest BCUT2D eigenvalue weighted by atomic mass is 10.0. The van der Waals surface area contributed by atoms with Gasteiger partial charge in [-0.05, 0) is 0 Å². The maximum atomic E-state index is 10.1. The van der Waals surface area contributed by atoms with E-state index in [-0.39, 0.29) is 0 Å². The molecule has 0 aromatic heterocycles. The van der Waals surface area contributed by atoms with E-state index >= 15 is 0 Å². The van der Waals surface area contributed by atoms with Crippen LogP contribution in [-0.4, -0.2) is 107 Å². The van der Waals surface area contributed by atoms with Gasteiger partial charge in [0.25, 0.3) is 0 Å². The Morgan fingerprint density at radius 2 is 1.43 bits per heavy atom. The molecule has 0 aromatic carbocycles. The van der Waals surface area contributed by atoms with Gasteiger partial charge < -0.3 is 50.6 Å². The molecule has 23 heavy (non-hydrogen) atoms. The molecule has 0 amide bonds. The summed E-state index contributed by atoms with van der Waals surface area (Å²) in [4.78, 5) is 26.2. The van der Waals surface area contributed by atoms with Crippen LogP contribution in [0.4, 0.5) is 0 Å². The van der Waals surface area contributed by atoms with Gasteiger partial charge in [0.05, 0.1) is 19.8 Å². The molecule has 140 valence electrons. The lowest BCUT2D eigenvalue weighted by Crippen LogP contribution is -2.48. The molecule has 10 N–H and O–H groups in total. The summed E-state index contributed by atoms with van der Waals surface area (Å²) >= 11 is 0. The van der Waals surface area contributed by atoms with Crippen LogP contribution in [0.15, 0.2) is 0 Å². The predicted octanol–water partition coefficient (Wildman–Crippen LogP) is -5.04. The SMILES string of the molecule is O=C(O)[C@H](O)[C@@H](O)[C@H](O)[C@H](O)CO.O=P(O)(O)OCC(O)CO. The van der Waals surface area contributed by atoms with E-state index in [0.29, 0.717) is 0 Å². The highest BCUT2D eigenvalue weighted by atomic mass is 31.2. The topological polar surface area (TPSA) is 246 Å². The molecule has 0 bridgehead atoms. The summed E-state index contributed by atoms with van der Waals surface area (Å²) in [6, 6.07) is 0. The lowest BCUT2D eigenvalue weighted by Gasteiger charge is -2.23. The van der Waals surface area contributed by atoms with Gasteiger partial charge in [-0.2, -0.15) is 0 Å². The van der Waals surface area contributed by atoms with Crippen LogP contribution < -0.4 is 0 Å². The summed E-state index contributed by atoms with van der Waals surface area (Å²) in [6.07, 6.45) is -9.08. The number of hydrogen-bond donors (Lipinski definition) is 10. The van der Waals surface area contributed by atoms with Crippen molar-refractivity contribution < 1.29 is 64.5 Å². The van der Waals surface area contributed by atoms with Gasteiger partial charge in [0.1, 0.15) is 24.4 Å². The van der Waals surface area contributed by atoms with Crippen molar-refractivity contribution in [1.82, 2.24) is 0 Å². The molecule has 0 aliphatic rings. The van der Waals surface area contributed by atoms with Crippen molar-refractivity contribution in [2.24, 2.45) is 0 Å². The Morgan fingerprint density at radius 1 is 0.957 bits per heavy atom. The van der Waals surface area contributed by atoms with Gasteiger partial charge in [-0.15, -0.1) is 0 Å². The summed E-state index contributed by atoms with van der Waals surface area (Å²) < 4.78 is 13.8. The van der Waals surface area contributed by atoms with E-state index < -0.39 is 64.1 Å². The quantitative estimate of drug-likeness (QED) is 0.171. The van der Waals surface area contributed by atoms with Crippen LogP contribution >= 0.6 is 7.82 Å². The number of phosphoric ester groups is 1. The van der Waals surface area contributed by atoms with Crippen molar-refractivity contribution in [2.45, 2.75) is 30.5 Å². The van der Waals surface area contributed by atoms with Crippen LogP contribution in [0.5, 0.6) is 0 Å². The third-order valence-electron chi connectivity index (χ3n) is 2.15. The number of rotatable bonds is 9. The minimum absolute atomic E-state index is 0.569. The first-order chi connectivity index (χ1) is 10.4. The monoisotopic (exact) mass is 368 g/mol. The Morgan fingerprint density at radius 3 is 1.74 bits per heavy atom. The van der Waals surface area contributed by atoms with Crippen LogP contribution in [0.2, 0.25) is 0 Å². The summed E-state index contributed by atoms with van der Waals surface area (Å²) in [5.41, 5.74) is 0. The average molecular weight is 368 g/mol. The zero-order chi connectivity index (χ0) is 18.8. The summed E-state index contributed by atoms with van der Waals surface area (Å²) in [5, 5.41) is 68.5. The fourth-order valence-corrected chi connectivity index (χ4v) is 1.27. The minimum Gasteiger partial charge on any atom is -0.479 e. The van der Waals surface area contributed by atoms with E-state index in [4.69, 9.17) is 50.6 Å². The van der Waals surface area contributed by atoms with Crippen LogP contribution in [-0.2, 0) is 13.9 Å². The maximum absolute atomic E-state index is 10.1. The van der Waals surface area contributed by atoms with Gasteiger partial charge in [-0.3, -0.25) is 4.52 Å². The number of carboxylic acids is 1. The fourth-order valence-electron chi connectivity index (χ4n) is 0.904. The van der Waals surface area contributed by atoms with Gasteiger partial charge in [-0.1, -0.05) is 0 Å². The number of carboxylic acid groups (broad SMARTS) is 1. The van der Waals surface area contributed by atoms with Crippen molar-refractivity contribution in [3.63, 3.8) is 0 Å². The molecule has 0 aliphatic carbocycles. The Labute approximate surface area is 129 Å². The van der Waals surface area contributed by atoms with Crippen LogP contribution in [0.3, 0.4) is 0 Å². The number of hydrogen-bond acceptors (Lipinski definition) is 10. The maximum Gasteiger partial charge on any atom is 0.469 e. The Balaban J connectivity index is 0. The highest BCUT2D eigenvalue weighted by Gasteiger charge is 2.33. The smallest absolute Gasteiger partial charge is 0.469 e. The predicted molar refractivity (Wildman–Crippen MR) is 69.8 cm³/mol. The van der Waals surface area contributed by atoms with Crippen molar-refractivity contribution in [1.29, 1.82) is 0 Å². The first-order valence-corrected chi connectivity index (χ1v) is 7.45. The van der Waals surface area contributed by atoms with Crippen molar-refractivity contribution in [3.05, 3.63) is 0 Å². The van der Waals surface area contributed by atoms with E-state index in [1.54, 1.807) is 0 Å². The molecule has 0 heterocycles. The average Bonchev–Trinajstić information content (AvgIpc) is 2.49. The molecule has 0 rings (SSSR count). The van der Waals surface area contributed by atoms with Gasteiger partial charge in [0, 0.05) is 0 Å². The Kier molecular flexibility index (Phi) is 12.6. The van der Waals surface area contributed by atoms with Gasteiger partial charge >= 0.3 is 13.8 Å². The molecule has 13 nitrogen and oxygen atoms in total. The normalized spacial score (nSPS) is 18.1. The number of aliphatic hydroxyl groups excluding tert-OH is 7. The molecule has 0 radical (unpaired) electrons. The van der Waals surface area contributed by atoms with E-state index in [1.165, 1.54) is 0 Å². The molecule has 5 atom stereocenters. The molecular formula is C9H21O13P. The van der Waals surface area contributed by atoms with E-state index in [1.807, 2.05) is 0 Å². The molecule has 0 spiro atoms. The third-order valence-corrected chi connectivity index (χ3v) is 2.64. The molecule has 14 heteroatoms. The summed E-state index contributed by atoms with van der Waals surface area (Å²) in [6.45, 7) is -1.99. The molecule has 0 saturated carbocycles. The zero-order valence-corrected chi connectivity index (χ0v) is 12.5. The van der Waals surface area contributed by atoms with Gasteiger partial charge in [0.2, 0.25) is 0 Å². The largest absolute Gasteiger partial charge is 0.479 e. The summed E-state index contributed by atoms with van der Waals surface area (Å²) in [5.74, 6) is -1.73. The molecule has 0 aromatic rings. The number of phosphoric acid groups is 1. The standard InChI is InChI=1S/C6H12O7.C3H9O6P/c7-1-2(8)3(9)4(10)5(11)6(12)13;4-1-3(5)2-9-10(6,7)8/h2-5,7-11H,1H2,(H,12,13);3-5H,1-2H2,(H2,6,7,8)/t2-,3-,4+,5-;/m1./s1. The molecule has 0 aliphatic heterocycles. The Hall–Kier alpha value is -0.700. The first-order valence-electron chi connectivity index (χ1n) is 5.92. The second-order valence-corrected chi connectivity index (χ2v) is 5.38. The lowest BCUT2D eigenvalue weighted by molar-refractivity contribution is -0.164. The van der Waals surface area contributed by atoms with Crippen molar-refractivity contribution in [2.75, 3.05) is 19.8 Å².